The third-order valence-electron chi connectivity index (χ3n) is 1.98. The first-order valence-electron chi connectivity index (χ1n) is 3.88. The minimum atomic E-state index is -0.960. The third kappa shape index (κ3) is 1.49. The Bertz CT molecular complexity index is 194. The van der Waals surface area contributed by atoms with E-state index in [1.165, 1.54) is 16.7 Å². The summed E-state index contributed by atoms with van der Waals surface area (Å²) in [6, 6.07) is 0. The molecule has 0 aliphatic heterocycles. The van der Waals surface area contributed by atoms with Gasteiger partial charge >= 0.3 is 0 Å². The molecule has 2 heteroatoms. The van der Waals surface area contributed by atoms with Crippen LogP contribution in [0.4, 0.5) is 0 Å². The average Bonchev–Trinajstić information content (AvgIpc) is 2.11. The molecule has 56 valence electrons. The van der Waals surface area contributed by atoms with Gasteiger partial charge in [-0.1, -0.05) is 42.2 Å². The fourth-order valence-electron chi connectivity index (χ4n) is 1.50. The number of hydrogen-bond acceptors (Lipinski definition) is 0. The monoisotopic (exact) mass is 168 g/mol. The zero-order valence-corrected chi connectivity index (χ0v) is 10.4. The summed E-state index contributed by atoms with van der Waals surface area (Å²) in [5.41, 5.74) is 0. The highest BCUT2D eigenvalue weighted by Crippen LogP contribution is 2.25. The molecule has 0 saturated carbocycles. The van der Waals surface area contributed by atoms with Crippen LogP contribution in [0, 0.1) is 0 Å². The molecule has 0 spiro atoms. The van der Waals surface area contributed by atoms with E-state index in [-0.39, 0.29) is 0 Å². The van der Waals surface area contributed by atoms with Crippen LogP contribution in [0.5, 0.6) is 0 Å². The second-order valence-corrected chi connectivity index (χ2v) is 10.3. The molecule has 0 radical (unpaired) electrons. The Morgan fingerprint density at radius 3 is 2.20 bits per heavy atom. The first-order chi connectivity index (χ1) is 4.52. The molecular weight excluding hydrogens is 152 g/mol. The van der Waals surface area contributed by atoms with Crippen LogP contribution in [-0.4, -0.2) is 18.3 Å². The maximum atomic E-state index is 2.43. The van der Waals surface area contributed by atoms with Crippen molar-refractivity contribution in [3.05, 3.63) is 22.5 Å². The van der Waals surface area contributed by atoms with Crippen molar-refractivity contribution in [3.63, 3.8) is 0 Å². The van der Waals surface area contributed by atoms with Crippen LogP contribution in [0.2, 0.25) is 19.6 Å². The van der Waals surface area contributed by atoms with Crippen molar-refractivity contribution in [2.45, 2.75) is 26.1 Å². The van der Waals surface area contributed by atoms with E-state index in [4.69, 9.17) is 0 Å². The zero-order chi connectivity index (χ0) is 7.78. The van der Waals surface area contributed by atoms with E-state index in [1.807, 2.05) is 0 Å². The first kappa shape index (κ1) is 8.01. The molecule has 0 amide bonds. The minimum absolute atomic E-state index is 0.960. The van der Waals surface area contributed by atoms with Crippen molar-refractivity contribution in [1.29, 1.82) is 0 Å². The van der Waals surface area contributed by atoms with Crippen LogP contribution in [0.15, 0.2) is 22.5 Å². The summed E-state index contributed by atoms with van der Waals surface area (Å²) in [5.74, 6) is 0. The van der Waals surface area contributed by atoms with Crippen molar-refractivity contribution >= 4 is 18.3 Å². The van der Waals surface area contributed by atoms with Crippen molar-refractivity contribution in [2.75, 3.05) is 0 Å². The fraction of sp³-hybridized carbons (Fsp3) is 0.500. The van der Waals surface area contributed by atoms with E-state index in [0.717, 1.165) is 0 Å². The molecular formula is C8H16Si2. The van der Waals surface area contributed by atoms with Crippen LogP contribution in [0.1, 0.15) is 6.42 Å². The highest BCUT2D eigenvalue weighted by Gasteiger charge is 2.20. The van der Waals surface area contributed by atoms with Crippen LogP contribution in [0.25, 0.3) is 0 Å². The van der Waals surface area contributed by atoms with Crippen LogP contribution >= 0.6 is 0 Å². The van der Waals surface area contributed by atoms with Crippen molar-refractivity contribution < 1.29 is 0 Å². The van der Waals surface area contributed by atoms with E-state index in [9.17, 15) is 0 Å². The van der Waals surface area contributed by atoms with Gasteiger partial charge in [0.25, 0.3) is 0 Å². The molecule has 0 heterocycles. The van der Waals surface area contributed by atoms with Gasteiger partial charge in [-0.2, -0.15) is 0 Å². The van der Waals surface area contributed by atoms with Gasteiger partial charge < -0.3 is 0 Å². The lowest BCUT2D eigenvalue weighted by Crippen LogP contribution is -2.23. The van der Waals surface area contributed by atoms with Gasteiger partial charge in [-0.05, 0) is 6.42 Å². The topological polar surface area (TPSA) is 0 Å². The SMILES string of the molecule is C[Si](C)(C)C1=C([SiH3])CC=C1. The van der Waals surface area contributed by atoms with E-state index in [2.05, 4.69) is 31.8 Å². The number of allylic oxidation sites excluding steroid dienone is 4. The molecule has 1 rings (SSSR count). The van der Waals surface area contributed by atoms with Crippen molar-refractivity contribution in [3.8, 4) is 0 Å². The number of hydrogen-bond donors (Lipinski definition) is 0. The molecule has 0 aromatic heterocycles. The summed E-state index contributed by atoms with van der Waals surface area (Å²) in [6.45, 7) is 7.28. The van der Waals surface area contributed by atoms with Crippen LogP contribution < -0.4 is 0 Å². The van der Waals surface area contributed by atoms with E-state index in [1.54, 1.807) is 10.4 Å². The average molecular weight is 168 g/mol. The molecule has 0 unspecified atom stereocenters. The van der Waals surface area contributed by atoms with E-state index >= 15 is 0 Å². The largest absolute Gasteiger partial charge is 0.0888 e. The van der Waals surface area contributed by atoms with Crippen LogP contribution in [-0.2, 0) is 0 Å². The first-order valence-corrected chi connectivity index (χ1v) is 8.38. The Balaban J connectivity index is 2.91. The molecule has 0 saturated heterocycles. The van der Waals surface area contributed by atoms with Gasteiger partial charge in [0.2, 0.25) is 0 Å². The normalized spacial score (nSPS) is 19.1. The van der Waals surface area contributed by atoms with E-state index in [0.29, 0.717) is 0 Å². The van der Waals surface area contributed by atoms with Gasteiger partial charge in [-0.3, -0.25) is 0 Å². The Morgan fingerprint density at radius 2 is 2.00 bits per heavy atom. The molecule has 1 aliphatic carbocycles. The maximum Gasteiger partial charge on any atom is 0.0769 e. The Labute approximate surface area is 67.5 Å². The zero-order valence-electron chi connectivity index (χ0n) is 7.36. The lowest BCUT2D eigenvalue weighted by atomic mass is 10.5. The van der Waals surface area contributed by atoms with Gasteiger partial charge in [-0.25, -0.2) is 0 Å². The standard InChI is InChI=1S/C8H16Si2/c1-10(2,3)8-6-4-5-7(8)9/h4,6H,5H2,1-3,9H3. The molecule has 0 aromatic rings. The Morgan fingerprint density at radius 1 is 1.40 bits per heavy atom. The van der Waals surface area contributed by atoms with Gasteiger partial charge in [0.1, 0.15) is 0 Å². The van der Waals surface area contributed by atoms with Crippen molar-refractivity contribution in [1.82, 2.24) is 0 Å². The minimum Gasteiger partial charge on any atom is -0.0888 e. The Kier molecular flexibility index (Phi) is 2.01. The molecule has 0 atom stereocenters. The molecule has 0 bridgehead atoms. The van der Waals surface area contributed by atoms with E-state index < -0.39 is 8.07 Å². The molecule has 0 fully saturated rings. The summed E-state index contributed by atoms with van der Waals surface area (Å²) in [4.78, 5) is 0. The quantitative estimate of drug-likeness (QED) is 0.520. The second-order valence-electron chi connectivity index (χ2n) is 4.05. The molecule has 10 heavy (non-hydrogen) atoms. The van der Waals surface area contributed by atoms with Gasteiger partial charge in [-0.15, -0.1) is 0 Å². The smallest absolute Gasteiger partial charge is 0.0769 e. The van der Waals surface area contributed by atoms with Crippen molar-refractivity contribution in [2.24, 2.45) is 0 Å². The lowest BCUT2D eigenvalue weighted by Gasteiger charge is -2.17. The summed E-state index contributed by atoms with van der Waals surface area (Å²) in [6.07, 6.45) is 5.93. The van der Waals surface area contributed by atoms with Gasteiger partial charge in [0, 0.05) is 10.2 Å². The lowest BCUT2D eigenvalue weighted by molar-refractivity contribution is 1.40. The highest BCUT2D eigenvalue weighted by atomic mass is 28.3. The maximum absolute atomic E-state index is 2.43. The summed E-state index contributed by atoms with van der Waals surface area (Å²) in [5, 5.41) is 3.46. The molecule has 0 aromatic carbocycles. The number of rotatable bonds is 1. The molecule has 1 aliphatic rings. The highest BCUT2D eigenvalue weighted by molar-refractivity contribution is 6.84. The molecule has 0 N–H and O–H groups in total. The fourth-order valence-corrected chi connectivity index (χ4v) is 6.15. The summed E-state index contributed by atoms with van der Waals surface area (Å²) >= 11 is 0. The summed E-state index contributed by atoms with van der Waals surface area (Å²) < 4.78 is 0. The molecule has 0 nitrogen and oxygen atoms in total. The second kappa shape index (κ2) is 2.51. The van der Waals surface area contributed by atoms with Gasteiger partial charge in [0.15, 0.2) is 0 Å². The van der Waals surface area contributed by atoms with Gasteiger partial charge in [0.05, 0.1) is 8.07 Å². The Hall–Kier alpha value is -0.0862. The summed E-state index contributed by atoms with van der Waals surface area (Å²) in [7, 11) is 0.309. The predicted molar refractivity (Wildman–Crippen MR) is 54.1 cm³/mol. The third-order valence-corrected chi connectivity index (χ3v) is 5.63. The van der Waals surface area contributed by atoms with Crippen LogP contribution in [0.3, 0.4) is 0 Å². The predicted octanol–water partition coefficient (Wildman–Crippen LogP) is 1.44.